The molecule has 2 N–H and O–H groups in total. The van der Waals surface area contributed by atoms with E-state index in [0.717, 1.165) is 16.3 Å². The summed E-state index contributed by atoms with van der Waals surface area (Å²) >= 11 is 1.09. The molecule has 12 nitrogen and oxygen atoms in total. The largest absolute Gasteiger partial charge is 0.493 e. The molecule has 208 valence electrons. The summed E-state index contributed by atoms with van der Waals surface area (Å²) in [5, 5.41) is 3.09. The standard InChI is InChI=1S/C27H27N5O7S/c1-31-24-22(25(35)32(2)27(31)36)29-26(30-24)40-14-21(34)28-17-9-7-16(8-10-17)18(33)11-6-15-12-19(37-3)23(39-5)20(13-15)38-4/h6-13H,14H2,1-5H3,(H,28,34)(H,29,30)/b11-6+. The number of fused-ring (bicyclic) bond motifs is 1. The third-order valence-electron chi connectivity index (χ3n) is 5.98. The van der Waals surface area contributed by atoms with Gasteiger partial charge in [-0.2, -0.15) is 0 Å². The predicted molar refractivity (Wildman–Crippen MR) is 152 cm³/mol. The van der Waals surface area contributed by atoms with Crippen molar-refractivity contribution in [3.05, 3.63) is 74.4 Å². The maximum atomic E-state index is 12.7. The number of rotatable bonds is 10. The van der Waals surface area contributed by atoms with Gasteiger partial charge in [0, 0.05) is 25.3 Å². The quantitative estimate of drug-likeness (QED) is 0.168. The van der Waals surface area contributed by atoms with Gasteiger partial charge in [0.05, 0.1) is 27.1 Å². The van der Waals surface area contributed by atoms with Crippen molar-refractivity contribution in [2.75, 3.05) is 32.4 Å². The summed E-state index contributed by atoms with van der Waals surface area (Å²) in [5.41, 5.74) is 1.06. The van der Waals surface area contributed by atoms with Crippen molar-refractivity contribution in [1.82, 2.24) is 19.1 Å². The Balaban J connectivity index is 1.38. The number of allylic oxidation sites excluding steroid dienone is 1. The Labute approximate surface area is 232 Å². The van der Waals surface area contributed by atoms with E-state index in [-0.39, 0.29) is 28.6 Å². The molecule has 0 aliphatic rings. The van der Waals surface area contributed by atoms with Gasteiger partial charge in [-0.05, 0) is 48.0 Å². The average molecular weight is 566 g/mol. The Bertz CT molecular complexity index is 1710. The fourth-order valence-electron chi connectivity index (χ4n) is 3.89. The molecule has 13 heteroatoms. The van der Waals surface area contributed by atoms with Crippen LogP contribution < -0.4 is 30.8 Å². The molecule has 4 rings (SSSR count). The van der Waals surface area contributed by atoms with Crippen molar-refractivity contribution >= 4 is 46.4 Å². The van der Waals surface area contributed by atoms with E-state index in [1.807, 2.05) is 0 Å². The molecule has 2 aromatic heterocycles. The fourth-order valence-corrected chi connectivity index (χ4v) is 4.55. The van der Waals surface area contributed by atoms with Crippen LogP contribution in [0.25, 0.3) is 17.2 Å². The normalized spacial score (nSPS) is 11.1. The number of benzene rings is 2. The maximum absolute atomic E-state index is 12.7. The van der Waals surface area contributed by atoms with Crippen molar-refractivity contribution in [2.24, 2.45) is 14.1 Å². The number of amides is 1. The minimum absolute atomic E-state index is 0.00624. The maximum Gasteiger partial charge on any atom is 0.332 e. The van der Waals surface area contributed by atoms with Crippen molar-refractivity contribution in [2.45, 2.75) is 5.16 Å². The number of aromatic nitrogens is 4. The number of thioether (sulfide) groups is 1. The smallest absolute Gasteiger partial charge is 0.332 e. The summed E-state index contributed by atoms with van der Waals surface area (Å²) in [4.78, 5) is 56.7. The Morgan fingerprint density at radius 3 is 2.25 bits per heavy atom. The highest BCUT2D eigenvalue weighted by molar-refractivity contribution is 7.99. The molecule has 0 saturated carbocycles. The number of aromatic amines is 1. The lowest BCUT2D eigenvalue weighted by Gasteiger charge is -2.12. The van der Waals surface area contributed by atoms with Crippen molar-refractivity contribution in [1.29, 1.82) is 0 Å². The van der Waals surface area contributed by atoms with Gasteiger partial charge in [0.2, 0.25) is 11.7 Å². The highest BCUT2D eigenvalue weighted by Crippen LogP contribution is 2.38. The zero-order valence-electron chi connectivity index (χ0n) is 22.4. The summed E-state index contributed by atoms with van der Waals surface area (Å²) in [6, 6.07) is 9.94. The minimum Gasteiger partial charge on any atom is -0.493 e. The number of imidazole rings is 1. The lowest BCUT2D eigenvalue weighted by molar-refractivity contribution is -0.113. The van der Waals surface area contributed by atoms with Gasteiger partial charge >= 0.3 is 5.69 Å². The summed E-state index contributed by atoms with van der Waals surface area (Å²) in [5.74, 6) is 0.873. The molecule has 0 aliphatic carbocycles. The second-order valence-electron chi connectivity index (χ2n) is 8.52. The van der Waals surface area contributed by atoms with Gasteiger partial charge in [-0.3, -0.25) is 23.5 Å². The second kappa shape index (κ2) is 11.9. The molecular weight excluding hydrogens is 538 g/mol. The second-order valence-corrected chi connectivity index (χ2v) is 9.48. The zero-order valence-corrected chi connectivity index (χ0v) is 23.3. The number of methoxy groups -OCH3 is 3. The Kier molecular flexibility index (Phi) is 8.43. The van der Waals surface area contributed by atoms with Crippen LogP contribution in [0, 0.1) is 0 Å². The molecule has 0 radical (unpaired) electrons. The average Bonchev–Trinajstić information content (AvgIpc) is 3.41. The van der Waals surface area contributed by atoms with Crippen LogP contribution in [0.2, 0.25) is 0 Å². The van der Waals surface area contributed by atoms with Crippen LogP contribution in [-0.4, -0.2) is 57.9 Å². The first kappa shape index (κ1) is 28.2. The molecular formula is C27H27N5O7S. The molecule has 0 bridgehead atoms. The van der Waals surface area contributed by atoms with E-state index in [1.165, 1.54) is 46.1 Å². The van der Waals surface area contributed by atoms with Crippen molar-refractivity contribution in [3.63, 3.8) is 0 Å². The molecule has 40 heavy (non-hydrogen) atoms. The van der Waals surface area contributed by atoms with E-state index in [2.05, 4.69) is 15.3 Å². The predicted octanol–water partition coefficient (Wildman–Crippen LogP) is 2.61. The van der Waals surface area contributed by atoms with Crippen LogP contribution in [0.5, 0.6) is 17.2 Å². The van der Waals surface area contributed by atoms with E-state index in [4.69, 9.17) is 14.2 Å². The highest BCUT2D eigenvalue weighted by Gasteiger charge is 2.15. The van der Waals surface area contributed by atoms with Crippen LogP contribution >= 0.6 is 11.8 Å². The number of carbonyl (C=O) groups excluding carboxylic acids is 2. The monoisotopic (exact) mass is 565 g/mol. The fraction of sp³-hybridized carbons (Fsp3) is 0.222. The first-order valence-electron chi connectivity index (χ1n) is 11.9. The van der Waals surface area contributed by atoms with Crippen LogP contribution in [-0.2, 0) is 18.9 Å². The molecule has 0 fully saturated rings. The Morgan fingerprint density at radius 1 is 1.00 bits per heavy atom. The van der Waals surface area contributed by atoms with E-state index in [9.17, 15) is 19.2 Å². The number of hydrogen-bond donors (Lipinski definition) is 2. The number of carbonyl (C=O) groups is 2. The Morgan fingerprint density at radius 2 is 1.65 bits per heavy atom. The molecule has 1 amide bonds. The number of H-pyrrole nitrogens is 1. The van der Waals surface area contributed by atoms with Crippen molar-refractivity contribution in [3.8, 4) is 17.2 Å². The summed E-state index contributed by atoms with van der Waals surface area (Å²) < 4.78 is 18.2. The molecule has 4 aromatic rings. The molecule has 0 atom stereocenters. The van der Waals surface area contributed by atoms with Gasteiger partial charge < -0.3 is 24.5 Å². The molecule has 2 aromatic carbocycles. The van der Waals surface area contributed by atoms with E-state index in [1.54, 1.807) is 42.5 Å². The van der Waals surface area contributed by atoms with E-state index < -0.39 is 11.2 Å². The lowest BCUT2D eigenvalue weighted by atomic mass is 10.1. The summed E-state index contributed by atoms with van der Waals surface area (Å²) in [7, 11) is 7.45. The molecule has 0 spiro atoms. The number of hydrogen-bond acceptors (Lipinski definition) is 9. The number of anilines is 1. The minimum atomic E-state index is -0.491. The highest BCUT2D eigenvalue weighted by atomic mass is 32.2. The van der Waals surface area contributed by atoms with Gasteiger partial charge in [-0.15, -0.1) is 0 Å². The molecule has 0 saturated heterocycles. The van der Waals surface area contributed by atoms with E-state index in [0.29, 0.717) is 39.2 Å². The van der Waals surface area contributed by atoms with Crippen molar-refractivity contribution < 1.29 is 23.8 Å². The SMILES string of the molecule is COc1cc(/C=C/C(=O)c2ccc(NC(=O)CSc3nc4c([nH]3)c(=O)n(C)c(=O)n4C)cc2)cc(OC)c1OC. The van der Waals surface area contributed by atoms with Crippen LogP contribution in [0.1, 0.15) is 15.9 Å². The molecule has 0 aliphatic heterocycles. The van der Waals surface area contributed by atoms with Crippen LogP contribution in [0.3, 0.4) is 0 Å². The first-order chi connectivity index (χ1) is 19.2. The number of ether oxygens (including phenoxy) is 3. The Hall–Kier alpha value is -4.78. The van der Waals surface area contributed by atoms with Gasteiger partial charge in [0.1, 0.15) is 0 Å². The number of nitrogens with one attached hydrogen (secondary N) is 2. The van der Waals surface area contributed by atoms with Crippen LogP contribution in [0.4, 0.5) is 5.69 Å². The zero-order chi connectivity index (χ0) is 29.0. The van der Waals surface area contributed by atoms with Gasteiger partial charge in [0.25, 0.3) is 5.56 Å². The topological polar surface area (TPSA) is 147 Å². The number of ketones is 1. The summed E-state index contributed by atoms with van der Waals surface area (Å²) in [6.07, 6.45) is 3.08. The summed E-state index contributed by atoms with van der Waals surface area (Å²) in [6.45, 7) is 0. The molecule has 2 heterocycles. The van der Waals surface area contributed by atoms with Gasteiger partial charge in [-0.25, -0.2) is 9.78 Å². The third kappa shape index (κ3) is 5.78. The number of aryl methyl sites for hydroxylation is 1. The first-order valence-corrected chi connectivity index (χ1v) is 12.9. The number of nitrogens with zero attached hydrogens (tertiary/aromatic N) is 3. The lowest BCUT2D eigenvalue weighted by Crippen LogP contribution is -2.36. The third-order valence-corrected chi connectivity index (χ3v) is 6.85. The van der Waals surface area contributed by atoms with E-state index >= 15 is 0 Å². The van der Waals surface area contributed by atoms with Gasteiger partial charge in [0.15, 0.2) is 33.6 Å². The van der Waals surface area contributed by atoms with Gasteiger partial charge in [-0.1, -0.05) is 17.8 Å². The molecule has 0 unspecified atom stereocenters. The van der Waals surface area contributed by atoms with Crippen LogP contribution in [0.15, 0.2) is 57.2 Å².